The molecule has 4 atom stereocenters. The van der Waals surface area contributed by atoms with E-state index < -0.39 is 29.0 Å². The molecule has 0 unspecified atom stereocenters. The third-order valence-electron chi connectivity index (χ3n) is 8.14. The first-order valence-electron chi connectivity index (χ1n) is 12.6. The molecule has 0 radical (unpaired) electrons. The molecule has 1 aliphatic carbocycles. The molecule has 0 aromatic heterocycles. The van der Waals surface area contributed by atoms with E-state index in [4.69, 9.17) is 25.8 Å². The highest BCUT2D eigenvalue weighted by Crippen LogP contribution is 2.68. The van der Waals surface area contributed by atoms with Crippen LogP contribution in [0, 0.1) is 5.82 Å². The maximum atomic E-state index is 14.6. The molecular weight excluding hydrogens is 511 g/mol. The lowest BCUT2D eigenvalue weighted by Crippen LogP contribution is -2.59. The molecule has 2 fully saturated rings. The van der Waals surface area contributed by atoms with Crippen molar-refractivity contribution >= 4 is 17.6 Å². The number of halogens is 2. The number of aliphatic hydroxyl groups is 1. The number of nitrogens with zero attached hydrogens (tertiary/aromatic N) is 1. The Morgan fingerprint density at radius 2 is 1.89 bits per heavy atom. The van der Waals surface area contributed by atoms with Crippen LogP contribution in [0.3, 0.4) is 0 Å². The molecular formula is C29H28ClFN2O5. The van der Waals surface area contributed by atoms with Crippen molar-refractivity contribution in [2.24, 2.45) is 0 Å². The van der Waals surface area contributed by atoms with E-state index in [9.17, 15) is 14.3 Å². The molecule has 1 saturated carbocycles. The molecule has 198 valence electrons. The molecule has 6 rings (SSSR count). The highest BCUT2D eigenvalue weighted by atomic mass is 35.5. The second-order valence-electron chi connectivity index (χ2n) is 10.00. The van der Waals surface area contributed by atoms with Crippen LogP contribution >= 0.6 is 11.6 Å². The minimum atomic E-state index is -1.79. The van der Waals surface area contributed by atoms with Gasteiger partial charge in [0.1, 0.15) is 23.1 Å². The maximum absolute atomic E-state index is 14.6. The average molecular weight is 539 g/mol. The van der Waals surface area contributed by atoms with Gasteiger partial charge in [-0.25, -0.2) is 9.18 Å². The SMILES string of the molecule is COc1cc(OC)c2c(c1)O[C@@]1(c3ccc(Cl)cc3)[C@H](c3cccc(F)c3)C[C@H](NC(=O)N3CCC3)[C@@]21O. The molecule has 2 N–H and O–H groups in total. The van der Waals surface area contributed by atoms with Crippen LogP contribution in [0.2, 0.25) is 5.02 Å². The molecule has 0 spiro atoms. The summed E-state index contributed by atoms with van der Waals surface area (Å²) >= 11 is 6.25. The summed E-state index contributed by atoms with van der Waals surface area (Å²) in [4.78, 5) is 14.9. The first-order valence-corrected chi connectivity index (χ1v) is 12.9. The summed E-state index contributed by atoms with van der Waals surface area (Å²) in [6, 6.07) is 15.7. The van der Waals surface area contributed by atoms with E-state index in [0.717, 1.165) is 6.42 Å². The number of methoxy groups -OCH3 is 2. The summed E-state index contributed by atoms with van der Waals surface area (Å²) in [5, 5.41) is 16.6. The van der Waals surface area contributed by atoms with Gasteiger partial charge in [0.15, 0.2) is 11.2 Å². The van der Waals surface area contributed by atoms with E-state index in [1.54, 1.807) is 47.4 Å². The smallest absolute Gasteiger partial charge is 0.317 e. The number of hydrogen-bond acceptors (Lipinski definition) is 5. The average Bonchev–Trinajstić information content (AvgIpc) is 3.28. The zero-order chi connectivity index (χ0) is 26.7. The second-order valence-corrected chi connectivity index (χ2v) is 10.4. The monoisotopic (exact) mass is 538 g/mol. The maximum Gasteiger partial charge on any atom is 0.317 e. The largest absolute Gasteiger partial charge is 0.496 e. The Morgan fingerprint density at radius 1 is 1.13 bits per heavy atom. The highest BCUT2D eigenvalue weighted by Gasteiger charge is 2.74. The van der Waals surface area contributed by atoms with Crippen molar-refractivity contribution in [3.8, 4) is 17.2 Å². The van der Waals surface area contributed by atoms with Crippen LogP contribution in [0.4, 0.5) is 9.18 Å². The molecule has 3 aromatic rings. The molecule has 38 heavy (non-hydrogen) atoms. The van der Waals surface area contributed by atoms with Crippen molar-refractivity contribution in [1.29, 1.82) is 0 Å². The van der Waals surface area contributed by atoms with Crippen LogP contribution in [0.15, 0.2) is 60.7 Å². The minimum Gasteiger partial charge on any atom is -0.496 e. The first kappa shape index (κ1) is 24.8. The Balaban J connectivity index is 1.62. The normalized spacial score (nSPS) is 27.1. The number of amides is 2. The van der Waals surface area contributed by atoms with E-state index in [-0.39, 0.29) is 12.5 Å². The molecule has 7 nitrogen and oxygen atoms in total. The summed E-state index contributed by atoms with van der Waals surface area (Å²) in [5.41, 5.74) is -1.55. The number of hydrogen-bond donors (Lipinski definition) is 2. The van der Waals surface area contributed by atoms with Crippen molar-refractivity contribution in [3.05, 3.63) is 88.2 Å². The molecule has 2 aliphatic heterocycles. The van der Waals surface area contributed by atoms with Gasteiger partial charge in [-0.2, -0.15) is 0 Å². The third kappa shape index (κ3) is 3.47. The number of carbonyl (C=O) groups is 1. The molecule has 3 aromatic carbocycles. The number of likely N-dealkylation sites (tertiary alicyclic amines) is 1. The van der Waals surface area contributed by atoms with Crippen LogP contribution in [0.5, 0.6) is 17.2 Å². The lowest BCUT2D eigenvalue weighted by Gasteiger charge is -2.42. The summed E-state index contributed by atoms with van der Waals surface area (Å²) < 4.78 is 32.6. The Labute approximate surface area is 225 Å². The number of nitrogens with one attached hydrogen (secondary N) is 1. The van der Waals surface area contributed by atoms with E-state index in [1.165, 1.54) is 26.4 Å². The summed E-state index contributed by atoms with van der Waals surface area (Å²) in [7, 11) is 3.04. The molecule has 9 heteroatoms. The standard InChI is InChI=1S/C29H28ClFN2O5/c1-36-21-14-23(37-2)26-24(15-21)38-29(18-7-9-19(30)10-8-18)22(17-5-3-6-20(31)13-17)16-25(28(26,29)35)32-27(34)33-11-4-12-33/h3,5-10,13-15,22,25,35H,4,11-12,16H2,1-2H3,(H,32,34)/t22-,25-,28+,29-/m0/s1. The van der Waals surface area contributed by atoms with Crippen LogP contribution in [-0.2, 0) is 11.2 Å². The number of rotatable bonds is 5. The van der Waals surface area contributed by atoms with E-state index in [1.807, 2.05) is 6.07 Å². The fraction of sp³-hybridized carbons (Fsp3) is 0.345. The lowest BCUT2D eigenvalue weighted by molar-refractivity contribution is -0.116. The van der Waals surface area contributed by atoms with Gasteiger partial charge in [-0.3, -0.25) is 0 Å². The summed E-state index contributed by atoms with van der Waals surface area (Å²) in [6.07, 6.45) is 1.22. The van der Waals surface area contributed by atoms with Crippen molar-refractivity contribution < 1.29 is 28.5 Å². The number of ether oxygens (including phenoxy) is 3. The van der Waals surface area contributed by atoms with Gasteiger partial charge in [0.05, 0.1) is 25.8 Å². The zero-order valence-corrected chi connectivity index (χ0v) is 21.8. The fourth-order valence-corrected chi connectivity index (χ4v) is 6.40. The van der Waals surface area contributed by atoms with Gasteiger partial charge in [-0.05, 0) is 48.2 Å². The fourth-order valence-electron chi connectivity index (χ4n) is 6.27. The first-order chi connectivity index (χ1) is 18.3. The predicted molar refractivity (Wildman–Crippen MR) is 139 cm³/mol. The Kier molecular flexibility index (Phi) is 5.92. The van der Waals surface area contributed by atoms with Crippen LogP contribution in [-0.4, -0.2) is 49.4 Å². The summed E-state index contributed by atoms with van der Waals surface area (Å²) in [6.45, 7) is 1.31. The van der Waals surface area contributed by atoms with Crippen molar-refractivity contribution in [2.75, 3.05) is 27.3 Å². The number of urea groups is 1. The van der Waals surface area contributed by atoms with Crippen LogP contribution < -0.4 is 19.5 Å². The van der Waals surface area contributed by atoms with Gasteiger partial charge >= 0.3 is 6.03 Å². The van der Waals surface area contributed by atoms with E-state index in [2.05, 4.69) is 5.32 Å². The minimum absolute atomic E-state index is 0.263. The zero-order valence-electron chi connectivity index (χ0n) is 21.0. The van der Waals surface area contributed by atoms with E-state index in [0.29, 0.717) is 52.1 Å². The Hall–Kier alpha value is -3.49. The quantitative estimate of drug-likeness (QED) is 0.481. The van der Waals surface area contributed by atoms with Gasteiger partial charge in [0, 0.05) is 36.2 Å². The van der Waals surface area contributed by atoms with Crippen molar-refractivity contribution in [2.45, 2.75) is 36.0 Å². The topological polar surface area (TPSA) is 80.3 Å². The van der Waals surface area contributed by atoms with Gasteiger partial charge < -0.3 is 29.5 Å². The third-order valence-corrected chi connectivity index (χ3v) is 8.40. The van der Waals surface area contributed by atoms with Crippen LogP contribution in [0.1, 0.15) is 35.4 Å². The molecule has 1 saturated heterocycles. The van der Waals surface area contributed by atoms with E-state index >= 15 is 0 Å². The van der Waals surface area contributed by atoms with Gasteiger partial charge in [0.25, 0.3) is 0 Å². The summed E-state index contributed by atoms with van der Waals surface area (Å²) in [5.74, 6) is 0.261. The Morgan fingerprint density at radius 3 is 2.53 bits per heavy atom. The molecule has 3 aliphatic rings. The van der Waals surface area contributed by atoms with Gasteiger partial charge in [0.2, 0.25) is 0 Å². The number of fused-ring (bicyclic) bond motifs is 3. The number of carbonyl (C=O) groups excluding carboxylic acids is 1. The molecule has 2 heterocycles. The van der Waals surface area contributed by atoms with Crippen molar-refractivity contribution in [3.63, 3.8) is 0 Å². The molecule has 0 bridgehead atoms. The van der Waals surface area contributed by atoms with Crippen molar-refractivity contribution in [1.82, 2.24) is 10.2 Å². The second kappa shape index (κ2) is 9.06. The molecule has 2 amide bonds. The Bertz CT molecular complexity index is 1400. The lowest BCUT2D eigenvalue weighted by atomic mass is 9.71. The number of benzene rings is 3. The van der Waals surface area contributed by atoms with Gasteiger partial charge in [-0.1, -0.05) is 35.9 Å². The van der Waals surface area contributed by atoms with Crippen LogP contribution in [0.25, 0.3) is 0 Å². The van der Waals surface area contributed by atoms with Gasteiger partial charge in [-0.15, -0.1) is 0 Å². The predicted octanol–water partition coefficient (Wildman–Crippen LogP) is 4.94. The highest BCUT2D eigenvalue weighted by molar-refractivity contribution is 6.30.